The van der Waals surface area contributed by atoms with Gasteiger partial charge in [0.1, 0.15) is 0 Å². The van der Waals surface area contributed by atoms with Gasteiger partial charge in [-0.25, -0.2) is 0 Å². The Bertz CT molecular complexity index is 8.00. The summed E-state index contributed by atoms with van der Waals surface area (Å²) >= 11 is 0.750. The summed E-state index contributed by atoms with van der Waals surface area (Å²) in [4.78, 5) is 0. The molecule has 0 atom stereocenters. The van der Waals surface area contributed by atoms with Gasteiger partial charge in [-0.3, -0.25) is 0 Å². The van der Waals surface area contributed by atoms with Crippen LogP contribution in [0, 0.1) is 39.9 Å². The molecule has 0 aliphatic carbocycles. The molecule has 0 N–H and O–H groups in total. The minimum atomic E-state index is 0. The van der Waals surface area contributed by atoms with Gasteiger partial charge in [0.2, 0.25) is 0 Å². The van der Waals surface area contributed by atoms with Crippen LogP contribution in [0.15, 0.2) is 0 Å². The Hall–Kier alpha value is 2.54. The quantitative estimate of drug-likeness (QED) is 0.511. The second-order valence-corrected chi connectivity index (χ2v) is 0. The molecule has 0 fully saturated rings. The molecule has 0 aliphatic rings. The number of rotatable bonds is 0. The molecule has 0 unspecified atom stereocenters. The van der Waals surface area contributed by atoms with Gasteiger partial charge >= 0.3 is 22.4 Å². The van der Waals surface area contributed by atoms with Crippen molar-refractivity contribution in [2.75, 3.05) is 0 Å². The van der Waals surface area contributed by atoms with Crippen molar-refractivity contribution in [2.45, 2.75) is 0 Å². The summed E-state index contributed by atoms with van der Waals surface area (Å²) < 4.78 is 8.25. The summed E-state index contributed by atoms with van der Waals surface area (Å²) in [6, 6.07) is 0. The Morgan fingerprint density at radius 1 is 1.25 bits per heavy atom. The van der Waals surface area contributed by atoms with Crippen molar-refractivity contribution in [1.29, 1.82) is 0 Å². The zero-order chi connectivity index (χ0) is 2.00. The SMILES string of the molecule is [Gd].[Mg].[O]=[Ir]. The summed E-state index contributed by atoms with van der Waals surface area (Å²) in [5.74, 6) is 0. The molecule has 0 bridgehead atoms. The van der Waals surface area contributed by atoms with Crippen molar-refractivity contribution in [3.63, 3.8) is 0 Å². The van der Waals surface area contributed by atoms with Gasteiger partial charge in [-0.15, -0.1) is 0 Å². The predicted octanol–water partition coefficient (Wildman–Crippen LogP) is -0.502. The third-order valence-electron chi connectivity index (χ3n) is 0. The maximum absolute atomic E-state index is 8.25. The van der Waals surface area contributed by atoms with E-state index in [4.69, 9.17) is 3.50 Å². The Balaban J connectivity index is -0.00000000500. The molecule has 4 heteroatoms. The van der Waals surface area contributed by atoms with Gasteiger partial charge in [0.15, 0.2) is 0 Å². The topological polar surface area (TPSA) is 17.1 Å². The van der Waals surface area contributed by atoms with Gasteiger partial charge in [0, 0.05) is 63.0 Å². The summed E-state index contributed by atoms with van der Waals surface area (Å²) in [5, 5.41) is 0. The molecule has 0 aromatic carbocycles. The average molecular weight is 390 g/mol. The van der Waals surface area contributed by atoms with Gasteiger partial charge in [0.25, 0.3) is 0 Å². The van der Waals surface area contributed by atoms with E-state index in [1.807, 2.05) is 0 Å². The van der Waals surface area contributed by atoms with Crippen molar-refractivity contribution in [2.24, 2.45) is 0 Å². The van der Waals surface area contributed by atoms with E-state index in [1.165, 1.54) is 0 Å². The maximum atomic E-state index is 8.25. The molecule has 25 valence electrons. The van der Waals surface area contributed by atoms with Gasteiger partial charge < -0.3 is 0 Å². The molecule has 4 heavy (non-hydrogen) atoms. The third-order valence-corrected chi connectivity index (χ3v) is 0. The molecule has 0 saturated heterocycles. The molecular formula is GdIrMgO. The first-order valence-electron chi connectivity index (χ1n) is 0.136. The molecule has 0 heterocycles. The van der Waals surface area contributed by atoms with Crippen molar-refractivity contribution in [3.8, 4) is 0 Å². The van der Waals surface area contributed by atoms with Crippen molar-refractivity contribution in [1.82, 2.24) is 0 Å². The molecule has 0 aromatic rings. The Kier molecular flexibility index (Phi) is 70.9. The zero-order valence-corrected chi connectivity index (χ0v) is 7.88. The Morgan fingerprint density at radius 3 is 1.25 bits per heavy atom. The third kappa shape index (κ3) is 8.82. The molecule has 0 spiro atoms. The van der Waals surface area contributed by atoms with Crippen LogP contribution in [0.4, 0.5) is 0 Å². The van der Waals surface area contributed by atoms with Gasteiger partial charge in [-0.1, -0.05) is 0 Å². The molecular weight excluding hydrogens is 390 g/mol. The van der Waals surface area contributed by atoms with E-state index in [9.17, 15) is 0 Å². The van der Waals surface area contributed by atoms with Crippen LogP contribution < -0.4 is 0 Å². The van der Waals surface area contributed by atoms with Gasteiger partial charge in [0.05, 0.1) is 0 Å². The Labute approximate surface area is 83.6 Å². The van der Waals surface area contributed by atoms with E-state index in [0.29, 0.717) is 0 Å². The first-order chi connectivity index (χ1) is 1.00. The molecule has 2 radical (unpaired) electrons. The van der Waals surface area contributed by atoms with E-state index in [0.717, 1.165) is 18.9 Å². The summed E-state index contributed by atoms with van der Waals surface area (Å²) in [5.41, 5.74) is 0. The molecule has 0 saturated carbocycles. The van der Waals surface area contributed by atoms with E-state index in [-0.39, 0.29) is 63.0 Å². The normalized spacial score (nSPS) is 1.25. The summed E-state index contributed by atoms with van der Waals surface area (Å²) in [6.45, 7) is 0. The fraction of sp³-hybridized carbons (Fsp3) is 0. The monoisotopic (exact) mass is 391 g/mol. The van der Waals surface area contributed by atoms with Crippen LogP contribution in [0.2, 0.25) is 0 Å². The van der Waals surface area contributed by atoms with Crippen LogP contribution in [0.25, 0.3) is 0 Å². The minimum absolute atomic E-state index is 0. The van der Waals surface area contributed by atoms with Crippen molar-refractivity contribution >= 4 is 23.1 Å². The van der Waals surface area contributed by atoms with Crippen LogP contribution in [0.5, 0.6) is 0 Å². The molecule has 0 rings (SSSR count). The van der Waals surface area contributed by atoms with Crippen LogP contribution in [0.3, 0.4) is 0 Å². The molecule has 0 aromatic heterocycles. The Morgan fingerprint density at radius 2 is 1.25 bits per heavy atom. The first kappa shape index (κ1) is 16.0. The van der Waals surface area contributed by atoms with Crippen LogP contribution in [-0.4, -0.2) is 23.1 Å². The second-order valence-electron chi connectivity index (χ2n) is 0. The summed E-state index contributed by atoms with van der Waals surface area (Å²) in [6.07, 6.45) is 0. The van der Waals surface area contributed by atoms with E-state index in [1.54, 1.807) is 0 Å². The molecule has 0 amide bonds. The van der Waals surface area contributed by atoms with E-state index >= 15 is 0 Å². The average Bonchev–Trinajstić information content (AvgIpc) is 1.00. The second kappa shape index (κ2) is 17.7. The summed E-state index contributed by atoms with van der Waals surface area (Å²) in [7, 11) is 0. The number of hydrogen-bond donors (Lipinski definition) is 0. The molecule has 0 aliphatic heterocycles. The van der Waals surface area contributed by atoms with Crippen LogP contribution in [0.1, 0.15) is 0 Å². The molecule has 1 nitrogen and oxygen atoms in total. The zero-order valence-electron chi connectivity index (χ0n) is 1.80. The predicted molar refractivity (Wildman–Crippen MR) is 6.44 cm³/mol. The van der Waals surface area contributed by atoms with E-state index in [2.05, 4.69) is 0 Å². The van der Waals surface area contributed by atoms with E-state index < -0.39 is 0 Å². The fourth-order valence-corrected chi connectivity index (χ4v) is 0. The van der Waals surface area contributed by atoms with Crippen molar-refractivity contribution in [3.05, 3.63) is 0 Å². The van der Waals surface area contributed by atoms with Crippen molar-refractivity contribution < 1.29 is 62.3 Å². The fourth-order valence-electron chi connectivity index (χ4n) is 0. The van der Waals surface area contributed by atoms with Gasteiger partial charge in [-0.05, 0) is 0 Å². The standard InChI is InChI=1S/Gd.Ir.Mg.O. The van der Waals surface area contributed by atoms with Gasteiger partial charge in [-0.2, -0.15) is 0 Å². The van der Waals surface area contributed by atoms with Crippen LogP contribution in [-0.2, 0) is 22.4 Å². The number of hydrogen-bond acceptors (Lipinski definition) is 1. The first-order valence-corrected chi connectivity index (χ1v) is 1.11. The van der Waals surface area contributed by atoms with Crippen LogP contribution >= 0.6 is 0 Å².